The van der Waals surface area contributed by atoms with Crippen LogP contribution in [0.15, 0.2) is 30.5 Å². The van der Waals surface area contributed by atoms with E-state index < -0.39 is 23.9 Å². The molecular formula is C25H32B3N7O6S. The molecule has 1 unspecified atom stereocenters. The minimum Gasteiger partial charge on any atom is -0.494 e. The molecule has 17 heteroatoms. The SMILES string of the molecule is BC(B)(B)NC(=O)c1nnc(NC(=O)C2CC2)cc1Nc1cccc(-c2ncc(CC(=O)NCC(O)CO)s2)c1OC. The lowest BCUT2D eigenvalue weighted by atomic mass is 9.49. The number of aromatic nitrogens is 3. The predicted octanol–water partition coefficient (Wildman–Crippen LogP) is -2.05. The maximum absolute atomic E-state index is 13.1. The van der Waals surface area contributed by atoms with Crippen LogP contribution in [0, 0.1) is 5.92 Å². The van der Waals surface area contributed by atoms with Gasteiger partial charge < -0.3 is 36.2 Å². The zero-order chi connectivity index (χ0) is 30.4. The van der Waals surface area contributed by atoms with Crippen molar-refractivity contribution in [2.24, 2.45) is 5.92 Å². The molecule has 1 fully saturated rings. The van der Waals surface area contributed by atoms with Crippen molar-refractivity contribution < 1.29 is 29.3 Å². The lowest BCUT2D eigenvalue weighted by Gasteiger charge is -2.22. The number of nitrogens with one attached hydrogen (secondary N) is 4. The first-order chi connectivity index (χ1) is 20.0. The molecule has 6 N–H and O–H groups in total. The van der Waals surface area contributed by atoms with E-state index in [0.29, 0.717) is 32.6 Å². The molecule has 3 aromatic rings. The molecule has 218 valence electrons. The summed E-state index contributed by atoms with van der Waals surface area (Å²) in [6, 6.07) is 6.95. The zero-order valence-electron chi connectivity index (χ0n) is 23.9. The van der Waals surface area contributed by atoms with E-state index in [-0.39, 0.29) is 42.2 Å². The van der Waals surface area contributed by atoms with Crippen LogP contribution in [0.25, 0.3) is 10.6 Å². The molecule has 1 atom stereocenters. The Morgan fingerprint density at radius 3 is 2.62 bits per heavy atom. The second kappa shape index (κ2) is 13.4. The van der Waals surface area contributed by atoms with Gasteiger partial charge in [0.05, 0.1) is 43.2 Å². The second-order valence-corrected chi connectivity index (χ2v) is 12.0. The van der Waals surface area contributed by atoms with E-state index in [1.807, 2.05) is 29.6 Å². The van der Waals surface area contributed by atoms with Crippen molar-refractivity contribution in [3.05, 3.63) is 41.0 Å². The Hall–Kier alpha value is -3.95. The minimum atomic E-state index is -1.02. The number of nitrogens with zero attached hydrogens (tertiary/aromatic N) is 3. The van der Waals surface area contributed by atoms with E-state index in [4.69, 9.17) is 9.84 Å². The normalized spacial score (nSPS) is 13.6. The number of benzene rings is 1. The summed E-state index contributed by atoms with van der Waals surface area (Å²) in [5, 5.41) is 38.1. The van der Waals surface area contributed by atoms with Crippen LogP contribution in [0.2, 0.25) is 0 Å². The summed E-state index contributed by atoms with van der Waals surface area (Å²) in [7, 11) is 7.07. The van der Waals surface area contributed by atoms with Crippen molar-refractivity contribution >= 4 is 69.8 Å². The molecule has 1 aliphatic rings. The highest BCUT2D eigenvalue weighted by Crippen LogP contribution is 2.40. The Morgan fingerprint density at radius 1 is 1.19 bits per heavy atom. The summed E-state index contributed by atoms with van der Waals surface area (Å²) in [5.74, 6) is -0.273. The molecule has 4 rings (SSSR count). The van der Waals surface area contributed by atoms with Crippen molar-refractivity contribution in [2.45, 2.75) is 30.6 Å². The quantitative estimate of drug-likeness (QED) is 0.121. The van der Waals surface area contributed by atoms with Crippen molar-refractivity contribution in [1.82, 2.24) is 25.8 Å². The highest BCUT2D eigenvalue weighted by atomic mass is 32.1. The van der Waals surface area contributed by atoms with Crippen LogP contribution < -0.4 is 26.0 Å². The summed E-state index contributed by atoms with van der Waals surface area (Å²) >= 11 is 1.31. The number of carbonyl (C=O) groups is 3. The summed E-state index contributed by atoms with van der Waals surface area (Å²) in [5.41, 5.74) is 1.52. The smallest absolute Gasteiger partial charge is 0.272 e. The summed E-state index contributed by atoms with van der Waals surface area (Å²) in [6.45, 7) is -0.488. The summed E-state index contributed by atoms with van der Waals surface area (Å²) < 4.78 is 5.75. The van der Waals surface area contributed by atoms with Gasteiger partial charge in [0.25, 0.3) is 5.91 Å². The van der Waals surface area contributed by atoms with E-state index in [1.165, 1.54) is 18.4 Å². The molecule has 1 aliphatic carbocycles. The van der Waals surface area contributed by atoms with Gasteiger partial charge in [-0.3, -0.25) is 14.4 Å². The van der Waals surface area contributed by atoms with Gasteiger partial charge >= 0.3 is 0 Å². The molecule has 0 radical (unpaired) electrons. The molecule has 1 saturated carbocycles. The first-order valence-electron chi connectivity index (χ1n) is 13.4. The van der Waals surface area contributed by atoms with E-state index in [0.717, 1.165) is 12.8 Å². The van der Waals surface area contributed by atoms with Gasteiger partial charge in [0.1, 0.15) is 28.5 Å². The third-order valence-corrected chi connectivity index (χ3v) is 7.08. The zero-order valence-corrected chi connectivity index (χ0v) is 24.7. The monoisotopic (exact) mass is 591 g/mol. The van der Waals surface area contributed by atoms with Gasteiger partial charge in [0, 0.05) is 29.6 Å². The molecule has 2 heterocycles. The van der Waals surface area contributed by atoms with Gasteiger partial charge in [-0.05, 0) is 30.2 Å². The molecule has 0 aliphatic heterocycles. The number of rotatable bonds is 13. The fourth-order valence-electron chi connectivity index (χ4n) is 3.89. The fraction of sp³-hybridized carbons (Fsp3) is 0.360. The van der Waals surface area contributed by atoms with Gasteiger partial charge in [-0.15, -0.1) is 21.5 Å². The minimum absolute atomic E-state index is 0.0368. The third-order valence-electron chi connectivity index (χ3n) is 6.05. The van der Waals surface area contributed by atoms with Crippen molar-refractivity contribution in [3.63, 3.8) is 0 Å². The first-order valence-corrected chi connectivity index (χ1v) is 14.2. The largest absolute Gasteiger partial charge is 0.494 e. The number of anilines is 3. The van der Waals surface area contributed by atoms with Crippen LogP contribution in [0.1, 0.15) is 28.2 Å². The number of hydrogen-bond acceptors (Lipinski definition) is 11. The molecule has 0 saturated heterocycles. The van der Waals surface area contributed by atoms with Crippen LogP contribution in [-0.4, -0.2) is 98.3 Å². The van der Waals surface area contributed by atoms with Crippen LogP contribution in [-0.2, 0) is 16.0 Å². The number of para-hydroxylation sites is 1. The Bertz CT molecular complexity index is 1460. The lowest BCUT2D eigenvalue weighted by molar-refractivity contribution is -0.121. The van der Waals surface area contributed by atoms with Crippen LogP contribution in [0.4, 0.5) is 17.2 Å². The number of ether oxygens (including phenoxy) is 1. The Morgan fingerprint density at radius 2 is 1.95 bits per heavy atom. The van der Waals surface area contributed by atoms with Gasteiger partial charge in [0.2, 0.25) is 11.8 Å². The molecule has 0 bridgehead atoms. The Labute approximate surface area is 249 Å². The Kier molecular flexibility index (Phi) is 9.86. The number of aliphatic hydroxyl groups is 2. The molecule has 0 spiro atoms. The number of carbonyl (C=O) groups excluding carboxylic acids is 3. The van der Waals surface area contributed by atoms with Gasteiger partial charge in [0.15, 0.2) is 17.3 Å². The maximum atomic E-state index is 13.1. The molecular weight excluding hydrogens is 559 g/mol. The van der Waals surface area contributed by atoms with Crippen molar-refractivity contribution in [1.29, 1.82) is 0 Å². The number of methoxy groups -OCH3 is 1. The van der Waals surface area contributed by atoms with Crippen molar-refractivity contribution in [2.75, 3.05) is 30.9 Å². The number of amides is 3. The van der Waals surface area contributed by atoms with Gasteiger partial charge in [-0.2, -0.15) is 0 Å². The van der Waals surface area contributed by atoms with E-state index in [9.17, 15) is 19.5 Å². The summed E-state index contributed by atoms with van der Waals surface area (Å²) in [4.78, 5) is 42.9. The van der Waals surface area contributed by atoms with E-state index in [1.54, 1.807) is 24.4 Å². The highest BCUT2D eigenvalue weighted by molar-refractivity contribution is 7.15. The first kappa shape index (κ1) is 31.0. The van der Waals surface area contributed by atoms with Crippen LogP contribution in [0.5, 0.6) is 5.75 Å². The van der Waals surface area contributed by atoms with E-state index >= 15 is 0 Å². The topological polar surface area (TPSA) is 188 Å². The molecule has 3 amide bonds. The average Bonchev–Trinajstić information content (AvgIpc) is 3.70. The van der Waals surface area contributed by atoms with E-state index in [2.05, 4.69) is 36.4 Å². The lowest BCUT2D eigenvalue weighted by Crippen LogP contribution is -2.50. The third kappa shape index (κ3) is 8.30. The average molecular weight is 591 g/mol. The molecule has 1 aromatic carbocycles. The molecule has 2 aromatic heterocycles. The maximum Gasteiger partial charge on any atom is 0.272 e. The fourth-order valence-corrected chi connectivity index (χ4v) is 4.82. The Balaban J connectivity index is 1.61. The number of aliphatic hydroxyl groups excluding tert-OH is 2. The van der Waals surface area contributed by atoms with Crippen molar-refractivity contribution in [3.8, 4) is 16.3 Å². The summed E-state index contributed by atoms with van der Waals surface area (Å²) in [6.07, 6.45) is 2.29. The molecule has 42 heavy (non-hydrogen) atoms. The van der Waals surface area contributed by atoms with Crippen LogP contribution in [0.3, 0.4) is 0 Å². The predicted molar refractivity (Wildman–Crippen MR) is 166 cm³/mol. The number of thiazole rings is 1. The highest BCUT2D eigenvalue weighted by Gasteiger charge is 2.30. The second-order valence-electron chi connectivity index (χ2n) is 10.9. The van der Waals surface area contributed by atoms with Crippen LogP contribution >= 0.6 is 11.3 Å². The molecule has 13 nitrogen and oxygen atoms in total. The standard InChI is InChI=1S/C25H32B3N7O6S/c1-41-21-15(24-30-10-14(42-24)7-19(38)29-9-13(37)11-36)3-2-4-16(21)31-17-8-18(32-22(39)12-5-6-12)34-35-20(17)23(40)33-25(26,27)28/h2-4,8,10,12-13,36-37H,5-7,9,11,26-28H2,1H3,(H,29,38)(H,33,40)(H2,31,32,34,39). The number of hydrogen-bond donors (Lipinski definition) is 6. The van der Waals surface area contributed by atoms with Gasteiger partial charge in [-0.25, -0.2) is 4.98 Å². The van der Waals surface area contributed by atoms with Gasteiger partial charge in [-0.1, -0.05) is 6.07 Å².